The Morgan fingerprint density at radius 1 is 1.50 bits per heavy atom. The molecule has 1 amide bonds. The number of hydrogen-bond acceptors (Lipinski definition) is 4. The summed E-state index contributed by atoms with van der Waals surface area (Å²) in [6.45, 7) is 6.21. The van der Waals surface area contributed by atoms with Crippen molar-refractivity contribution in [2.45, 2.75) is 13.0 Å². The first-order valence-corrected chi connectivity index (χ1v) is 6.81. The van der Waals surface area contributed by atoms with Gasteiger partial charge in [0.05, 0.1) is 13.2 Å². The molecule has 1 N–H and O–H groups in total. The first-order chi connectivity index (χ1) is 8.65. The van der Waals surface area contributed by atoms with E-state index in [2.05, 4.69) is 26.1 Å². The summed E-state index contributed by atoms with van der Waals surface area (Å²) in [5.41, 5.74) is 0. The van der Waals surface area contributed by atoms with Crippen LogP contribution in [0.15, 0.2) is 21.2 Å². The normalized spacial score (nSPS) is 18.6. The van der Waals surface area contributed by atoms with Gasteiger partial charge in [0.25, 0.3) is 5.91 Å². The largest absolute Gasteiger partial charge is 0.444 e. The molecular weight excluding hydrogens is 300 g/mol. The molecule has 0 aliphatic carbocycles. The van der Waals surface area contributed by atoms with Crippen LogP contribution in [0, 0.1) is 0 Å². The SMILES string of the molecule is C[C@@H](CN1CCOCC1)NC(=O)c1ccc(Br)o1. The molecular formula is C12H17BrN2O3. The highest BCUT2D eigenvalue weighted by Gasteiger charge is 2.17. The molecule has 2 rings (SSSR count). The van der Waals surface area contributed by atoms with Crippen LogP contribution in [0.2, 0.25) is 0 Å². The third-order valence-electron chi connectivity index (χ3n) is 2.81. The zero-order chi connectivity index (χ0) is 13.0. The van der Waals surface area contributed by atoms with Gasteiger partial charge in [-0.25, -0.2) is 0 Å². The number of carbonyl (C=O) groups is 1. The van der Waals surface area contributed by atoms with Crippen molar-refractivity contribution >= 4 is 21.8 Å². The molecule has 1 aliphatic heterocycles. The van der Waals surface area contributed by atoms with Gasteiger partial charge in [-0.2, -0.15) is 0 Å². The van der Waals surface area contributed by atoms with Crippen molar-refractivity contribution < 1.29 is 13.9 Å². The highest BCUT2D eigenvalue weighted by Crippen LogP contribution is 2.13. The molecule has 0 saturated carbocycles. The van der Waals surface area contributed by atoms with E-state index < -0.39 is 0 Å². The zero-order valence-corrected chi connectivity index (χ0v) is 11.9. The van der Waals surface area contributed by atoms with Crippen molar-refractivity contribution in [3.8, 4) is 0 Å². The lowest BCUT2D eigenvalue weighted by atomic mass is 10.2. The maximum Gasteiger partial charge on any atom is 0.287 e. The Bertz CT molecular complexity index is 402. The molecule has 1 fully saturated rings. The Labute approximate surface area is 115 Å². The minimum Gasteiger partial charge on any atom is -0.444 e. The monoisotopic (exact) mass is 316 g/mol. The average molecular weight is 317 g/mol. The number of morpholine rings is 1. The third-order valence-corrected chi connectivity index (χ3v) is 3.24. The Balaban J connectivity index is 1.79. The molecule has 0 radical (unpaired) electrons. The fraction of sp³-hybridized carbons (Fsp3) is 0.583. The van der Waals surface area contributed by atoms with E-state index in [1.807, 2.05) is 6.92 Å². The molecule has 1 aromatic heterocycles. The van der Waals surface area contributed by atoms with Gasteiger partial charge >= 0.3 is 0 Å². The predicted octanol–water partition coefficient (Wildman–Crippen LogP) is 1.49. The number of amides is 1. The summed E-state index contributed by atoms with van der Waals surface area (Å²) in [4.78, 5) is 14.1. The van der Waals surface area contributed by atoms with Crippen LogP contribution in [0.1, 0.15) is 17.5 Å². The van der Waals surface area contributed by atoms with Crippen LogP contribution < -0.4 is 5.32 Å². The van der Waals surface area contributed by atoms with Gasteiger partial charge in [0.2, 0.25) is 0 Å². The second-order valence-corrected chi connectivity index (χ2v) is 5.17. The molecule has 6 heteroatoms. The lowest BCUT2D eigenvalue weighted by Crippen LogP contribution is -2.45. The number of halogens is 1. The van der Waals surface area contributed by atoms with E-state index >= 15 is 0 Å². The second kappa shape index (κ2) is 6.36. The standard InChI is InChI=1S/C12H17BrN2O3/c1-9(8-15-4-6-17-7-5-15)14-12(16)10-2-3-11(13)18-10/h2-3,9H,4-8H2,1H3,(H,14,16)/t9-/m0/s1. The Morgan fingerprint density at radius 3 is 2.83 bits per heavy atom. The maximum atomic E-state index is 11.8. The van der Waals surface area contributed by atoms with Crippen molar-refractivity contribution in [3.63, 3.8) is 0 Å². The van der Waals surface area contributed by atoms with E-state index in [0.29, 0.717) is 10.4 Å². The molecule has 1 aliphatic rings. The number of rotatable bonds is 4. The number of ether oxygens (including phenoxy) is 1. The quantitative estimate of drug-likeness (QED) is 0.914. The van der Waals surface area contributed by atoms with Gasteiger partial charge in [-0.1, -0.05) is 0 Å². The van der Waals surface area contributed by atoms with E-state index in [-0.39, 0.29) is 11.9 Å². The number of nitrogens with one attached hydrogen (secondary N) is 1. The summed E-state index contributed by atoms with van der Waals surface area (Å²) in [5.74, 6) is 0.150. The summed E-state index contributed by atoms with van der Waals surface area (Å²) in [5, 5.41) is 2.92. The van der Waals surface area contributed by atoms with Crippen molar-refractivity contribution in [1.82, 2.24) is 10.2 Å². The van der Waals surface area contributed by atoms with Gasteiger partial charge < -0.3 is 14.5 Å². The molecule has 5 nitrogen and oxygen atoms in total. The highest BCUT2D eigenvalue weighted by atomic mass is 79.9. The first-order valence-electron chi connectivity index (χ1n) is 6.01. The Hall–Kier alpha value is -0.850. The van der Waals surface area contributed by atoms with E-state index in [4.69, 9.17) is 9.15 Å². The molecule has 1 aromatic rings. The summed E-state index contributed by atoms with van der Waals surface area (Å²) in [7, 11) is 0. The molecule has 0 bridgehead atoms. The highest BCUT2D eigenvalue weighted by molar-refractivity contribution is 9.10. The predicted molar refractivity (Wildman–Crippen MR) is 70.6 cm³/mol. The van der Waals surface area contributed by atoms with Crippen LogP contribution in [0.5, 0.6) is 0 Å². The van der Waals surface area contributed by atoms with Gasteiger partial charge in [0.1, 0.15) is 0 Å². The number of carbonyl (C=O) groups excluding carboxylic acids is 1. The van der Waals surface area contributed by atoms with Gasteiger partial charge in [-0.05, 0) is 35.0 Å². The Kier molecular flexibility index (Phi) is 4.79. The van der Waals surface area contributed by atoms with Crippen molar-refractivity contribution in [1.29, 1.82) is 0 Å². The second-order valence-electron chi connectivity index (χ2n) is 4.39. The van der Waals surface area contributed by atoms with Gasteiger partial charge in [0.15, 0.2) is 10.4 Å². The molecule has 0 spiro atoms. The van der Waals surface area contributed by atoms with Crippen LogP contribution in [-0.4, -0.2) is 49.7 Å². The van der Waals surface area contributed by atoms with E-state index in [0.717, 1.165) is 32.8 Å². The minimum absolute atomic E-state index is 0.0828. The molecule has 100 valence electrons. The van der Waals surface area contributed by atoms with Crippen LogP contribution in [0.25, 0.3) is 0 Å². The fourth-order valence-corrected chi connectivity index (χ4v) is 2.25. The van der Waals surface area contributed by atoms with Gasteiger partial charge in [0, 0.05) is 25.7 Å². The molecule has 18 heavy (non-hydrogen) atoms. The van der Waals surface area contributed by atoms with Crippen molar-refractivity contribution in [3.05, 3.63) is 22.6 Å². The average Bonchev–Trinajstić information content (AvgIpc) is 2.77. The number of nitrogens with zero attached hydrogens (tertiary/aromatic N) is 1. The molecule has 0 unspecified atom stereocenters. The van der Waals surface area contributed by atoms with Crippen molar-refractivity contribution in [2.24, 2.45) is 0 Å². The molecule has 2 heterocycles. The van der Waals surface area contributed by atoms with E-state index in [9.17, 15) is 4.79 Å². The maximum absolute atomic E-state index is 11.8. The summed E-state index contributed by atoms with van der Waals surface area (Å²) >= 11 is 3.18. The third kappa shape index (κ3) is 3.83. The summed E-state index contributed by atoms with van der Waals surface area (Å²) in [6, 6.07) is 3.45. The van der Waals surface area contributed by atoms with Gasteiger partial charge in [-0.3, -0.25) is 9.69 Å². The Morgan fingerprint density at radius 2 is 2.22 bits per heavy atom. The van der Waals surface area contributed by atoms with E-state index in [1.54, 1.807) is 12.1 Å². The number of furan rings is 1. The molecule has 0 aromatic carbocycles. The summed E-state index contributed by atoms with van der Waals surface area (Å²) in [6.07, 6.45) is 0. The van der Waals surface area contributed by atoms with Crippen LogP contribution in [0.3, 0.4) is 0 Å². The lowest BCUT2D eigenvalue weighted by molar-refractivity contribution is 0.0341. The fourth-order valence-electron chi connectivity index (χ4n) is 1.95. The topological polar surface area (TPSA) is 54.7 Å². The van der Waals surface area contributed by atoms with E-state index in [1.165, 1.54) is 0 Å². The zero-order valence-electron chi connectivity index (χ0n) is 10.3. The van der Waals surface area contributed by atoms with Crippen molar-refractivity contribution in [2.75, 3.05) is 32.8 Å². The minimum atomic E-state index is -0.179. The first kappa shape index (κ1) is 13.6. The van der Waals surface area contributed by atoms with Crippen LogP contribution in [0.4, 0.5) is 0 Å². The smallest absolute Gasteiger partial charge is 0.287 e. The summed E-state index contributed by atoms with van der Waals surface area (Å²) < 4.78 is 11.1. The number of hydrogen-bond donors (Lipinski definition) is 1. The molecule has 1 atom stereocenters. The molecule has 1 saturated heterocycles. The van der Waals surface area contributed by atoms with Gasteiger partial charge in [-0.15, -0.1) is 0 Å². The van der Waals surface area contributed by atoms with Crippen LogP contribution >= 0.6 is 15.9 Å². The lowest BCUT2D eigenvalue weighted by Gasteiger charge is -2.29. The van der Waals surface area contributed by atoms with Crippen LogP contribution in [-0.2, 0) is 4.74 Å².